The summed E-state index contributed by atoms with van der Waals surface area (Å²) in [4.78, 5) is 38.4. The summed E-state index contributed by atoms with van der Waals surface area (Å²) in [5.74, 6) is -0.821. The lowest BCUT2D eigenvalue weighted by Crippen LogP contribution is -2.30. The van der Waals surface area contributed by atoms with Gasteiger partial charge in [0.25, 0.3) is 0 Å². The summed E-state index contributed by atoms with van der Waals surface area (Å²) in [6, 6.07) is 0. The van der Waals surface area contributed by atoms with E-state index >= 15 is 0 Å². The Labute approximate surface area is 482 Å². The van der Waals surface area contributed by atoms with Gasteiger partial charge >= 0.3 is 17.9 Å². The van der Waals surface area contributed by atoms with Crippen LogP contribution in [-0.2, 0) is 28.6 Å². The Hall–Kier alpha value is -1.59. The van der Waals surface area contributed by atoms with Gasteiger partial charge in [0.1, 0.15) is 13.2 Å². The minimum Gasteiger partial charge on any atom is -0.462 e. The Morgan fingerprint density at radius 1 is 0.208 bits per heavy atom. The summed E-state index contributed by atoms with van der Waals surface area (Å²) in [6.45, 7) is 6.74. The molecule has 0 aliphatic rings. The van der Waals surface area contributed by atoms with Crippen LogP contribution in [0.4, 0.5) is 0 Å². The zero-order valence-electron chi connectivity index (χ0n) is 52.8. The predicted molar refractivity (Wildman–Crippen MR) is 335 cm³/mol. The van der Waals surface area contributed by atoms with Crippen LogP contribution in [0.25, 0.3) is 0 Å². The molecule has 458 valence electrons. The molecule has 0 spiro atoms. The number of carbonyl (C=O) groups is 3. The van der Waals surface area contributed by atoms with Crippen LogP contribution in [0.2, 0.25) is 0 Å². The Morgan fingerprint density at radius 3 is 0.519 bits per heavy atom. The van der Waals surface area contributed by atoms with Gasteiger partial charge in [-0.3, -0.25) is 14.4 Å². The molecule has 0 saturated carbocycles. The second kappa shape index (κ2) is 66.9. The van der Waals surface area contributed by atoms with Crippen molar-refractivity contribution in [3.8, 4) is 0 Å². The van der Waals surface area contributed by atoms with Crippen LogP contribution >= 0.6 is 0 Å². The molecule has 6 heteroatoms. The number of esters is 3. The molecule has 0 fully saturated rings. The largest absolute Gasteiger partial charge is 0.462 e. The standard InChI is InChI=1S/C71H138O6/c1-4-7-10-13-16-19-22-25-28-29-30-31-32-33-34-35-36-37-38-39-40-41-44-46-49-52-55-58-61-64-70(73)76-67-68(77-71(74)65-62-59-56-53-50-47-43-27-24-21-18-15-12-9-6-3)66-75-69(72)63-60-57-54-51-48-45-42-26-23-20-17-14-11-8-5-2/h68H,4-67H2,1-3H3. The quantitative estimate of drug-likeness (QED) is 0.0343. The molecule has 0 heterocycles. The normalized spacial score (nSPS) is 11.9. The highest BCUT2D eigenvalue weighted by Gasteiger charge is 2.19. The van der Waals surface area contributed by atoms with Crippen molar-refractivity contribution in [2.24, 2.45) is 0 Å². The van der Waals surface area contributed by atoms with Gasteiger partial charge in [-0.05, 0) is 19.3 Å². The zero-order valence-corrected chi connectivity index (χ0v) is 52.8. The van der Waals surface area contributed by atoms with E-state index in [1.807, 2.05) is 0 Å². The Morgan fingerprint density at radius 2 is 0.351 bits per heavy atom. The summed E-state index contributed by atoms with van der Waals surface area (Å²) in [6.07, 6.45) is 78.6. The molecule has 0 aliphatic heterocycles. The molecule has 0 aromatic heterocycles. The second-order valence-electron chi connectivity index (χ2n) is 24.5. The van der Waals surface area contributed by atoms with E-state index in [0.717, 1.165) is 57.8 Å². The number of rotatable bonds is 67. The Kier molecular flexibility index (Phi) is 65.5. The SMILES string of the molecule is CCCCCCCCCCCCCCCCCCCCCCCCCCCCCCCC(=O)OCC(COC(=O)CCCCCCCCCCCCCCCCC)OC(=O)CCCCCCCCCCCCCCCCC. The fraction of sp³-hybridized carbons (Fsp3) is 0.958. The van der Waals surface area contributed by atoms with Crippen molar-refractivity contribution in [2.75, 3.05) is 13.2 Å². The number of unbranched alkanes of at least 4 members (excludes halogenated alkanes) is 56. The molecule has 0 saturated heterocycles. The number of carbonyl (C=O) groups excluding carboxylic acids is 3. The third-order valence-electron chi connectivity index (χ3n) is 16.6. The fourth-order valence-electron chi connectivity index (χ4n) is 11.3. The van der Waals surface area contributed by atoms with Crippen LogP contribution in [0.15, 0.2) is 0 Å². The van der Waals surface area contributed by atoms with Gasteiger partial charge in [0.15, 0.2) is 6.10 Å². The monoisotopic (exact) mass is 1090 g/mol. The Bertz CT molecular complexity index is 1160. The van der Waals surface area contributed by atoms with Gasteiger partial charge in [-0.2, -0.15) is 0 Å². The van der Waals surface area contributed by atoms with E-state index in [1.165, 1.54) is 321 Å². The molecule has 0 bridgehead atoms. The van der Waals surface area contributed by atoms with Gasteiger partial charge in [-0.1, -0.05) is 380 Å². The molecule has 0 aliphatic carbocycles. The van der Waals surface area contributed by atoms with Crippen LogP contribution in [0.5, 0.6) is 0 Å². The number of hydrogen-bond acceptors (Lipinski definition) is 6. The highest BCUT2D eigenvalue weighted by Crippen LogP contribution is 2.19. The zero-order chi connectivity index (χ0) is 55.7. The first kappa shape index (κ1) is 75.4. The summed E-state index contributed by atoms with van der Waals surface area (Å²) in [7, 11) is 0. The first-order valence-corrected chi connectivity index (χ1v) is 35.5. The summed E-state index contributed by atoms with van der Waals surface area (Å²) in [5.41, 5.74) is 0. The van der Waals surface area contributed by atoms with Crippen molar-refractivity contribution in [3.05, 3.63) is 0 Å². The first-order valence-electron chi connectivity index (χ1n) is 35.5. The van der Waals surface area contributed by atoms with Gasteiger partial charge in [0.05, 0.1) is 0 Å². The van der Waals surface area contributed by atoms with Crippen molar-refractivity contribution >= 4 is 17.9 Å². The maximum Gasteiger partial charge on any atom is 0.306 e. The first-order chi connectivity index (χ1) is 38.0. The maximum absolute atomic E-state index is 12.9. The molecule has 1 unspecified atom stereocenters. The van der Waals surface area contributed by atoms with E-state index in [2.05, 4.69) is 20.8 Å². The van der Waals surface area contributed by atoms with Crippen molar-refractivity contribution in [3.63, 3.8) is 0 Å². The smallest absolute Gasteiger partial charge is 0.306 e. The van der Waals surface area contributed by atoms with E-state index in [0.29, 0.717) is 19.3 Å². The van der Waals surface area contributed by atoms with E-state index in [-0.39, 0.29) is 31.1 Å². The van der Waals surface area contributed by atoms with Crippen molar-refractivity contribution < 1.29 is 28.6 Å². The average molecular weight is 1090 g/mol. The molecule has 0 aromatic carbocycles. The lowest BCUT2D eigenvalue weighted by molar-refractivity contribution is -0.167. The number of ether oxygens (including phenoxy) is 3. The van der Waals surface area contributed by atoms with Gasteiger partial charge in [0, 0.05) is 19.3 Å². The molecular formula is C71H138O6. The van der Waals surface area contributed by atoms with Crippen LogP contribution in [0.1, 0.15) is 419 Å². The lowest BCUT2D eigenvalue weighted by Gasteiger charge is -2.18. The third kappa shape index (κ3) is 65.1. The molecule has 0 aromatic rings. The van der Waals surface area contributed by atoms with Crippen molar-refractivity contribution in [2.45, 2.75) is 425 Å². The average Bonchev–Trinajstić information content (AvgIpc) is 3.43. The summed E-state index contributed by atoms with van der Waals surface area (Å²) < 4.78 is 17.0. The van der Waals surface area contributed by atoms with Crippen molar-refractivity contribution in [1.82, 2.24) is 0 Å². The van der Waals surface area contributed by atoms with Gasteiger partial charge in [-0.15, -0.1) is 0 Å². The minimum absolute atomic E-state index is 0.0603. The Balaban J connectivity index is 4.12. The molecular weight excluding hydrogens is 949 g/mol. The predicted octanol–water partition coefficient (Wildman–Crippen LogP) is 24.2. The van der Waals surface area contributed by atoms with E-state index in [1.54, 1.807) is 0 Å². The summed E-state index contributed by atoms with van der Waals surface area (Å²) >= 11 is 0. The molecule has 77 heavy (non-hydrogen) atoms. The van der Waals surface area contributed by atoms with Gasteiger partial charge < -0.3 is 14.2 Å². The van der Waals surface area contributed by atoms with Crippen LogP contribution in [0, 0.1) is 0 Å². The van der Waals surface area contributed by atoms with Crippen LogP contribution < -0.4 is 0 Å². The minimum atomic E-state index is -0.763. The van der Waals surface area contributed by atoms with E-state index < -0.39 is 6.10 Å². The van der Waals surface area contributed by atoms with Gasteiger partial charge in [0.2, 0.25) is 0 Å². The highest BCUT2D eigenvalue weighted by molar-refractivity contribution is 5.71. The molecule has 6 nitrogen and oxygen atoms in total. The van der Waals surface area contributed by atoms with Crippen LogP contribution in [0.3, 0.4) is 0 Å². The topological polar surface area (TPSA) is 78.9 Å². The van der Waals surface area contributed by atoms with E-state index in [9.17, 15) is 14.4 Å². The lowest BCUT2D eigenvalue weighted by atomic mass is 10.0. The molecule has 1 atom stereocenters. The second-order valence-corrected chi connectivity index (χ2v) is 24.5. The van der Waals surface area contributed by atoms with Gasteiger partial charge in [-0.25, -0.2) is 0 Å². The van der Waals surface area contributed by atoms with Crippen molar-refractivity contribution in [1.29, 1.82) is 0 Å². The molecule has 0 N–H and O–H groups in total. The summed E-state index contributed by atoms with van der Waals surface area (Å²) in [5, 5.41) is 0. The molecule has 0 rings (SSSR count). The fourth-order valence-corrected chi connectivity index (χ4v) is 11.3. The highest BCUT2D eigenvalue weighted by atomic mass is 16.6. The molecule has 0 radical (unpaired) electrons. The van der Waals surface area contributed by atoms with E-state index in [4.69, 9.17) is 14.2 Å². The third-order valence-corrected chi connectivity index (χ3v) is 16.6. The maximum atomic E-state index is 12.9. The molecule has 0 amide bonds. The van der Waals surface area contributed by atoms with Crippen LogP contribution in [-0.4, -0.2) is 37.2 Å². The number of hydrogen-bond donors (Lipinski definition) is 0.